The van der Waals surface area contributed by atoms with Gasteiger partial charge in [-0.15, -0.1) is 5.10 Å². The lowest BCUT2D eigenvalue weighted by atomic mass is 10.0. The molecule has 0 aliphatic heterocycles. The molecule has 0 unspecified atom stereocenters. The first-order chi connectivity index (χ1) is 10.4. The second-order valence-corrected chi connectivity index (χ2v) is 7.19. The summed E-state index contributed by atoms with van der Waals surface area (Å²) >= 11 is 14.0. The molecule has 0 radical (unpaired) electrons. The fourth-order valence-electron chi connectivity index (χ4n) is 2.17. The van der Waals surface area contributed by atoms with E-state index in [0.717, 1.165) is 21.2 Å². The Labute approximate surface area is 145 Å². The molecule has 2 aromatic rings. The van der Waals surface area contributed by atoms with Crippen molar-refractivity contribution in [1.82, 2.24) is 10.2 Å². The molecular weight excluding hydrogens is 339 g/mol. The van der Waals surface area contributed by atoms with Crippen molar-refractivity contribution in [1.29, 1.82) is 0 Å². The van der Waals surface area contributed by atoms with Crippen molar-refractivity contribution < 1.29 is 5.11 Å². The van der Waals surface area contributed by atoms with Crippen molar-refractivity contribution in [2.75, 3.05) is 6.61 Å². The Bertz CT molecular complexity index is 654. The minimum absolute atomic E-state index is 0.0698. The van der Waals surface area contributed by atoms with Crippen LogP contribution in [0.3, 0.4) is 0 Å². The van der Waals surface area contributed by atoms with Gasteiger partial charge in [0.1, 0.15) is 5.03 Å². The van der Waals surface area contributed by atoms with Crippen molar-refractivity contribution in [3.63, 3.8) is 0 Å². The summed E-state index contributed by atoms with van der Waals surface area (Å²) in [6.45, 7) is 6.28. The van der Waals surface area contributed by atoms with Crippen LogP contribution in [0.15, 0.2) is 28.1 Å². The van der Waals surface area contributed by atoms with Crippen LogP contribution in [0.25, 0.3) is 0 Å². The van der Waals surface area contributed by atoms with Gasteiger partial charge in [-0.25, -0.2) is 0 Å². The Balaban J connectivity index is 2.33. The third-order valence-electron chi connectivity index (χ3n) is 3.28. The van der Waals surface area contributed by atoms with Gasteiger partial charge in [-0.1, -0.05) is 48.8 Å². The van der Waals surface area contributed by atoms with Gasteiger partial charge in [0.25, 0.3) is 0 Å². The summed E-state index contributed by atoms with van der Waals surface area (Å²) in [5.74, 6) is 0.382. The molecule has 6 heteroatoms. The van der Waals surface area contributed by atoms with E-state index in [-0.39, 0.29) is 6.61 Å². The first-order valence-electron chi connectivity index (χ1n) is 7.03. The number of benzene rings is 1. The van der Waals surface area contributed by atoms with Crippen LogP contribution in [-0.4, -0.2) is 21.9 Å². The number of rotatable bonds is 5. The van der Waals surface area contributed by atoms with Crippen LogP contribution in [0, 0.1) is 6.92 Å². The van der Waals surface area contributed by atoms with Gasteiger partial charge in [-0.3, -0.25) is 0 Å². The van der Waals surface area contributed by atoms with Crippen molar-refractivity contribution in [3.8, 4) is 0 Å². The third kappa shape index (κ3) is 4.13. The summed E-state index contributed by atoms with van der Waals surface area (Å²) in [6, 6.07) is 5.69. The zero-order valence-electron chi connectivity index (χ0n) is 12.7. The highest BCUT2D eigenvalue weighted by Crippen LogP contribution is 2.39. The van der Waals surface area contributed by atoms with Gasteiger partial charge in [0, 0.05) is 6.61 Å². The minimum Gasteiger partial charge on any atom is -0.396 e. The largest absolute Gasteiger partial charge is 0.396 e. The molecular formula is C16H18Cl2N2OS. The predicted molar refractivity (Wildman–Crippen MR) is 92.2 cm³/mol. The van der Waals surface area contributed by atoms with Gasteiger partial charge >= 0.3 is 0 Å². The summed E-state index contributed by atoms with van der Waals surface area (Å²) in [5.41, 5.74) is 3.02. The van der Waals surface area contributed by atoms with E-state index in [1.165, 1.54) is 17.3 Å². The second-order valence-electron chi connectivity index (χ2n) is 5.34. The number of hydrogen-bond donors (Lipinski definition) is 1. The van der Waals surface area contributed by atoms with E-state index in [4.69, 9.17) is 28.3 Å². The summed E-state index contributed by atoms with van der Waals surface area (Å²) in [4.78, 5) is 0.762. The van der Waals surface area contributed by atoms with Crippen molar-refractivity contribution in [2.45, 2.75) is 43.0 Å². The number of aromatic nitrogens is 2. The molecule has 0 saturated carbocycles. The number of nitrogens with zero attached hydrogens (tertiary/aromatic N) is 2. The van der Waals surface area contributed by atoms with E-state index in [9.17, 15) is 0 Å². The summed E-state index contributed by atoms with van der Waals surface area (Å²) < 4.78 is 0. The molecule has 22 heavy (non-hydrogen) atoms. The topological polar surface area (TPSA) is 46.0 Å². The molecule has 0 atom stereocenters. The Hall–Kier alpha value is -0.810. The highest BCUT2D eigenvalue weighted by Gasteiger charge is 2.13. The number of aryl methyl sites for hydroxylation is 1. The third-order valence-corrected chi connectivity index (χ3v) is 5.16. The van der Waals surface area contributed by atoms with Gasteiger partial charge < -0.3 is 5.11 Å². The fourth-order valence-corrected chi connectivity index (χ4v) is 3.72. The van der Waals surface area contributed by atoms with Crippen LogP contribution < -0.4 is 0 Å². The highest BCUT2D eigenvalue weighted by molar-refractivity contribution is 7.99. The number of aliphatic hydroxyl groups excluding tert-OH is 1. The van der Waals surface area contributed by atoms with Gasteiger partial charge in [0.2, 0.25) is 0 Å². The lowest BCUT2D eigenvalue weighted by Gasteiger charge is -2.12. The smallest absolute Gasteiger partial charge is 0.124 e. The Kier molecular flexibility index (Phi) is 6.09. The lowest BCUT2D eigenvalue weighted by Crippen LogP contribution is -1.99. The van der Waals surface area contributed by atoms with E-state index in [0.29, 0.717) is 22.4 Å². The zero-order valence-corrected chi connectivity index (χ0v) is 15.1. The Morgan fingerprint density at radius 2 is 1.77 bits per heavy atom. The van der Waals surface area contributed by atoms with Gasteiger partial charge in [0.15, 0.2) is 0 Å². The Morgan fingerprint density at radius 3 is 2.32 bits per heavy atom. The van der Waals surface area contributed by atoms with Crippen LogP contribution in [0.2, 0.25) is 10.0 Å². The number of aliphatic hydroxyl groups is 1. The molecule has 1 aromatic carbocycles. The standard InChI is InChI=1S/C16H18Cl2N2OS/c1-9(2)12-8-15(20-19-10(12)3)22-16-13(17)6-11(4-5-21)7-14(16)18/h6-9,21H,4-5H2,1-3H3. The molecule has 3 nitrogen and oxygen atoms in total. The second kappa shape index (κ2) is 7.64. The van der Waals surface area contributed by atoms with E-state index in [2.05, 4.69) is 24.0 Å². The quantitative estimate of drug-likeness (QED) is 0.827. The average molecular weight is 357 g/mol. The zero-order chi connectivity index (χ0) is 16.3. The van der Waals surface area contributed by atoms with E-state index in [1.54, 1.807) is 0 Å². The molecule has 0 bridgehead atoms. The first-order valence-corrected chi connectivity index (χ1v) is 8.60. The maximum Gasteiger partial charge on any atom is 0.124 e. The molecule has 0 spiro atoms. The Morgan fingerprint density at radius 1 is 1.14 bits per heavy atom. The summed E-state index contributed by atoms with van der Waals surface area (Å²) in [6.07, 6.45) is 0.534. The highest BCUT2D eigenvalue weighted by atomic mass is 35.5. The molecule has 0 aliphatic rings. The van der Waals surface area contributed by atoms with Crippen LogP contribution in [-0.2, 0) is 6.42 Å². The SMILES string of the molecule is Cc1nnc(Sc2c(Cl)cc(CCO)cc2Cl)cc1C(C)C. The molecule has 118 valence electrons. The molecule has 1 aromatic heterocycles. The summed E-state index contributed by atoms with van der Waals surface area (Å²) in [7, 11) is 0. The minimum atomic E-state index is 0.0698. The van der Waals surface area contributed by atoms with Gasteiger partial charge in [-0.2, -0.15) is 5.10 Å². The van der Waals surface area contributed by atoms with Crippen molar-refractivity contribution >= 4 is 35.0 Å². The van der Waals surface area contributed by atoms with Crippen LogP contribution >= 0.6 is 35.0 Å². The van der Waals surface area contributed by atoms with Crippen molar-refractivity contribution in [3.05, 3.63) is 45.1 Å². The molecule has 0 saturated heterocycles. The molecule has 0 amide bonds. The maximum absolute atomic E-state index is 9.00. The normalized spacial score (nSPS) is 11.2. The van der Waals surface area contributed by atoms with E-state index in [1.807, 2.05) is 25.1 Å². The molecule has 0 aliphatic carbocycles. The number of halogens is 2. The van der Waals surface area contributed by atoms with Gasteiger partial charge in [0.05, 0.1) is 20.6 Å². The van der Waals surface area contributed by atoms with Crippen LogP contribution in [0.1, 0.15) is 36.6 Å². The first kappa shape index (κ1) is 17.5. The van der Waals surface area contributed by atoms with Crippen molar-refractivity contribution in [2.24, 2.45) is 0 Å². The maximum atomic E-state index is 9.00. The van der Waals surface area contributed by atoms with E-state index < -0.39 is 0 Å². The van der Waals surface area contributed by atoms with E-state index >= 15 is 0 Å². The molecule has 2 rings (SSSR count). The van der Waals surface area contributed by atoms with Crippen LogP contribution in [0.4, 0.5) is 0 Å². The predicted octanol–water partition coefficient (Wildman–Crippen LogP) is 4.90. The molecule has 0 fully saturated rings. The number of hydrogen-bond acceptors (Lipinski definition) is 4. The molecule has 1 heterocycles. The monoisotopic (exact) mass is 356 g/mol. The van der Waals surface area contributed by atoms with Crippen LogP contribution in [0.5, 0.6) is 0 Å². The average Bonchev–Trinajstić information content (AvgIpc) is 2.44. The van der Waals surface area contributed by atoms with Gasteiger partial charge in [-0.05, 0) is 48.6 Å². The summed E-state index contributed by atoms with van der Waals surface area (Å²) in [5, 5.41) is 19.3. The fraction of sp³-hybridized carbons (Fsp3) is 0.375. The molecule has 1 N–H and O–H groups in total. The lowest BCUT2D eigenvalue weighted by molar-refractivity contribution is 0.299.